The lowest BCUT2D eigenvalue weighted by atomic mass is 9.91. The molecule has 3 rings (SSSR count). The summed E-state index contributed by atoms with van der Waals surface area (Å²) in [5.74, 6) is -0.849. The second-order valence-corrected chi connectivity index (χ2v) is 6.78. The van der Waals surface area contributed by atoms with Gasteiger partial charge in [-0.1, -0.05) is 24.3 Å². The second-order valence-electron chi connectivity index (χ2n) is 5.73. The van der Waals surface area contributed by atoms with Crippen LogP contribution in [0, 0.1) is 0 Å². The van der Waals surface area contributed by atoms with Crippen LogP contribution in [0.25, 0.3) is 10.4 Å². The molecule has 120 valence electrons. The molecule has 4 nitrogen and oxygen atoms in total. The molecule has 1 aliphatic carbocycles. The highest BCUT2D eigenvalue weighted by Crippen LogP contribution is 2.39. The van der Waals surface area contributed by atoms with Crippen LogP contribution in [0.3, 0.4) is 0 Å². The van der Waals surface area contributed by atoms with Crippen molar-refractivity contribution in [2.24, 2.45) is 0 Å². The van der Waals surface area contributed by atoms with Crippen LogP contribution in [0.15, 0.2) is 30.3 Å². The minimum Gasteiger partial charge on any atom is -0.481 e. The largest absolute Gasteiger partial charge is 0.481 e. The normalized spacial score (nSPS) is 12.3. The lowest BCUT2D eigenvalue weighted by Crippen LogP contribution is -2.23. The van der Waals surface area contributed by atoms with Gasteiger partial charge < -0.3 is 10.4 Å². The van der Waals surface area contributed by atoms with Crippen LogP contribution in [-0.2, 0) is 17.6 Å². The Morgan fingerprint density at radius 1 is 1.13 bits per heavy atom. The van der Waals surface area contributed by atoms with E-state index in [0.29, 0.717) is 19.4 Å². The summed E-state index contributed by atoms with van der Waals surface area (Å²) < 4.78 is 0. The Kier molecular flexibility index (Phi) is 4.76. The zero-order valence-electron chi connectivity index (χ0n) is 12.8. The summed E-state index contributed by atoms with van der Waals surface area (Å²) in [6, 6.07) is 10.4. The van der Waals surface area contributed by atoms with Crippen molar-refractivity contribution in [2.45, 2.75) is 32.1 Å². The van der Waals surface area contributed by atoms with E-state index in [9.17, 15) is 9.59 Å². The number of hydrogen-bond acceptors (Lipinski definition) is 3. The van der Waals surface area contributed by atoms with E-state index in [4.69, 9.17) is 5.11 Å². The number of carbonyl (C=O) groups is 2. The highest BCUT2D eigenvalue weighted by Gasteiger charge is 2.21. The number of aryl methyl sites for hydroxylation is 2. The monoisotopic (exact) mass is 329 g/mol. The van der Waals surface area contributed by atoms with Crippen LogP contribution >= 0.6 is 11.3 Å². The maximum absolute atomic E-state index is 12.3. The summed E-state index contributed by atoms with van der Waals surface area (Å²) in [6.45, 7) is 0.519. The van der Waals surface area contributed by atoms with Crippen molar-refractivity contribution in [1.29, 1.82) is 0 Å². The molecule has 23 heavy (non-hydrogen) atoms. The molecule has 2 N–H and O–H groups in total. The third-order valence-corrected chi connectivity index (χ3v) is 5.27. The molecule has 1 aromatic carbocycles. The number of thiophene rings is 1. The van der Waals surface area contributed by atoms with Gasteiger partial charge in [0.25, 0.3) is 5.91 Å². The average Bonchev–Trinajstić information content (AvgIpc) is 2.99. The Morgan fingerprint density at radius 3 is 2.74 bits per heavy atom. The number of amides is 1. The molecule has 0 fully saturated rings. The van der Waals surface area contributed by atoms with Gasteiger partial charge in [-0.05, 0) is 48.4 Å². The smallest absolute Gasteiger partial charge is 0.303 e. The Hall–Kier alpha value is -2.14. The number of carboxylic acids is 1. The van der Waals surface area contributed by atoms with E-state index in [1.165, 1.54) is 21.6 Å². The van der Waals surface area contributed by atoms with Crippen molar-refractivity contribution in [1.82, 2.24) is 5.32 Å². The van der Waals surface area contributed by atoms with Crippen LogP contribution in [0.4, 0.5) is 0 Å². The van der Waals surface area contributed by atoms with Crippen LogP contribution in [0.5, 0.6) is 0 Å². The maximum atomic E-state index is 12.3. The highest BCUT2D eigenvalue weighted by atomic mass is 32.1. The molecule has 1 aliphatic rings. The molecule has 0 radical (unpaired) electrons. The Bertz CT molecular complexity index is 736. The fourth-order valence-electron chi connectivity index (χ4n) is 2.87. The number of carbonyl (C=O) groups excluding carboxylic acids is 1. The summed E-state index contributed by atoms with van der Waals surface area (Å²) in [4.78, 5) is 24.7. The summed E-state index contributed by atoms with van der Waals surface area (Å²) in [6.07, 6.45) is 3.43. The van der Waals surface area contributed by atoms with Gasteiger partial charge in [0.05, 0.1) is 4.88 Å². The Balaban J connectivity index is 1.63. The van der Waals surface area contributed by atoms with Crippen molar-refractivity contribution in [3.8, 4) is 10.4 Å². The minimum atomic E-state index is -0.791. The molecule has 0 saturated heterocycles. The van der Waals surface area contributed by atoms with Gasteiger partial charge in [0, 0.05) is 17.8 Å². The van der Waals surface area contributed by atoms with Crippen LogP contribution in [0.1, 0.15) is 40.1 Å². The van der Waals surface area contributed by atoms with Gasteiger partial charge in [-0.2, -0.15) is 0 Å². The van der Waals surface area contributed by atoms with Crippen LogP contribution in [0.2, 0.25) is 0 Å². The van der Waals surface area contributed by atoms with Crippen molar-refractivity contribution < 1.29 is 14.7 Å². The Labute approximate surface area is 139 Å². The third kappa shape index (κ3) is 3.62. The summed E-state index contributed by atoms with van der Waals surface area (Å²) in [5.41, 5.74) is 3.85. The number of carboxylic acid groups (broad SMARTS) is 1. The predicted octanol–water partition coefficient (Wildman–Crippen LogP) is 3.50. The van der Waals surface area contributed by atoms with Gasteiger partial charge in [0.15, 0.2) is 0 Å². The Morgan fingerprint density at radius 2 is 1.91 bits per heavy atom. The van der Waals surface area contributed by atoms with Crippen LogP contribution < -0.4 is 5.32 Å². The van der Waals surface area contributed by atoms with Crippen molar-refractivity contribution >= 4 is 23.2 Å². The van der Waals surface area contributed by atoms with Crippen molar-refractivity contribution in [3.63, 3.8) is 0 Å². The topological polar surface area (TPSA) is 66.4 Å². The van der Waals surface area contributed by atoms with Crippen molar-refractivity contribution in [2.75, 3.05) is 6.54 Å². The van der Waals surface area contributed by atoms with E-state index < -0.39 is 5.97 Å². The maximum Gasteiger partial charge on any atom is 0.303 e. The minimum absolute atomic E-state index is 0.0581. The fraction of sp³-hybridized carbons (Fsp3) is 0.333. The number of benzene rings is 1. The lowest BCUT2D eigenvalue weighted by molar-refractivity contribution is -0.137. The zero-order chi connectivity index (χ0) is 16.2. The third-order valence-electron chi connectivity index (χ3n) is 4.06. The lowest BCUT2D eigenvalue weighted by Gasteiger charge is -2.15. The molecular formula is C18H19NO3S. The summed E-state index contributed by atoms with van der Waals surface area (Å²) >= 11 is 1.55. The predicted molar refractivity (Wildman–Crippen MR) is 91.0 cm³/mol. The first-order valence-electron chi connectivity index (χ1n) is 7.86. The molecule has 1 heterocycles. The van der Waals surface area contributed by atoms with Gasteiger partial charge in [-0.15, -0.1) is 11.3 Å². The molecule has 1 aromatic heterocycles. The van der Waals surface area contributed by atoms with Gasteiger partial charge in [0.1, 0.15) is 0 Å². The second kappa shape index (κ2) is 6.96. The van der Waals surface area contributed by atoms with Gasteiger partial charge in [-0.3, -0.25) is 9.59 Å². The van der Waals surface area contributed by atoms with Gasteiger partial charge in [-0.25, -0.2) is 0 Å². The molecule has 5 heteroatoms. The standard InChI is InChI=1S/C18H19NO3S/c20-16(21)7-3-4-10-19-18(22)15-11-13-9-8-12-5-1-2-6-14(12)17(13)23-15/h1-2,5-6,11H,3-4,7-10H2,(H,19,22)(H,20,21). The van der Waals surface area contributed by atoms with E-state index in [1.807, 2.05) is 12.1 Å². The van der Waals surface area contributed by atoms with E-state index >= 15 is 0 Å². The zero-order valence-corrected chi connectivity index (χ0v) is 13.6. The SMILES string of the molecule is O=C(O)CCCCNC(=O)c1cc2c(s1)-c1ccccc1CC2. The number of unbranched alkanes of at least 4 members (excludes halogenated alkanes) is 1. The van der Waals surface area contributed by atoms with E-state index in [2.05, 4.69) is 23.5 Å². The average molecular weight is 329 g/mol. The first-order chi connectivity index (χ1) is 11.1. The molecule has 0 unspecified atom stereocenters. The molecule has 0 spiro atoms. The van der Waals surface area contributed by atoms with E-state index in [-0.39, 0.29) is 12.3 Å². The number of rotatable bonds is 6. The first-order valence-corrected chi connectivity index (χ1v) is 8.68. The number of aliphatic carboxylic acids is 1. The number of hydrogen-bond donors (Lipinski definition) is 2. The van der Waals surface area contributed by atoms with Crippen LogP contribution in [-0.4, -0.2) is 23.5 Å². The molecule has 0 bridgehead atoms. The quantitative estimate of drug-likeness (QED) is 0.797. The first kappa shape index (κ1) is 15.7. The summed E-state index contributed by atoms with van der Waals surface area (Å²) in [7, 11) is 0. The van der Waals surface area contributed by atoms with E-state index in [1.54, 1.807) is 11.3 Å². The molecule has 1 amide bonds. The molecule has 0 saturated carbocycles. The van der Waals surface area contributed by atoms with Crippen molar-refractivity contribution in [3.05, 3.63) is 46.3 Å². The number of nitrogens with one attached hydrogen (secondary N) is 1. The summed E-state index contributed by atoms with van der Waals surface area (Å²) in [5, 5.41) is 11.5. The van der Waals surface area contributed by atoms with Gasteiger partial charge in [0.2, 0.25) is 0 Å². The highest BCUT2D eigenvalue weighted by molar-refractivity contribution is 7.17. The van der Waals surface area contributed by atoms with Gasteiger partial charge >= 0.3 is 5.97 Å². The fourth-order valence-corrected chi connectivity index (χ4v) is 4.06. The molecule has 0 atom stereocenters. The molecular weight excluding hydrogens is 310 g/mol. The number of fused-ring (bicyclic) bond motifs is 3. The molecule has 2 aromatic rings. The molecule has 0 aliphatic heterocycles. The van der Waals surface area contributed by atoms with E-state index in [0.717, 1.165) is 17.7 Å².